The maximum Gasteiger partial charge on any atom is 0.306 e. The summed E-state index contributed by atoms with van der Waals surface area (Å²) in [5.74, 6) is -0.494. The summed E-state index contributed by atoms with van der Waals surface area (Å²) in [6.07, 6.45) is 58.8. The molecule has 356 valence electrons. The Morgan fingerprint density at radius 3 is 1.30 bits per heavy atom. The molecule has 0 bridgehead atoms. The van der Waals surface area contributed by atoms with Crippen molar-refractivity contribution < 1.29 is 24.5 Å². The molecular formula is C55H101NO5. The van der Waals surface area contributed by atoms with Crippen molar-refractivity contribution in [2.75, 3.05) is 6.61 Å². The van der Waals surface area contributed by atoms with Gasteiger partial charge in [-0.25, -0.2) is 0 Å². The number of allylic oxidation sites excluding steroid dienone is 8. The number of carbonyl (C=O) groups excluding carboxylic acids is 2. The molecule has 0 aromatic carbocycles. The van der Waals surface area contributed by atoms with Crippen LogP contribution < -0.4 is 5.32 Å². The quantitative estimate of drug-likeness (QED) is 0.0322. The molecule has 0 aromatic rings. The molecular weight excluding hydrogens is 755 g/mol. The third kappa shape index (κ3) is 44.2. The lowest BCUT2D eigenvalue weighted by Gasteiger charge is -2.24. The average Bonchev–Trinajstić information content (AvgIpc) is 3.25. The van der Waals surface area contributed by atoms with Gasteiger partial charge in [-0.05, 0) is 51.4 Å². The Balaban J connectivity index is 4.48. The molecule has 0 aliphatic carbocycles. The van der Waals surface area contributed by atoms with E-state index in [9.17, 15) is 19.8 Å². The van der Waals surface area contributed by atoms with Crippen molar-refractivity contribution >= 4 is 11.9 Å². The van der Waals surface area contributed by atoms with Crippen LogP contribution in [0.3, 0.4) is 0 Å². The summed E-state index contributed by atoms with van der Waals surface area (Å²) in [6, 6.07) is -0.704. The molecule has 0 saturated heterocycles. The highest BCUT2D eigenvalue weighted by molar-refractivity contribution is 5.77. The van der Waals surface area contributed by atoms with E-state index in [1.807, 2.05) is 0 Å². The molecule has 0 radical (unpaired) electrons. The largest absolute Gasteiger partial charge is 0.462 e. The van der Waals surface area contributed by atoms with Crippen LogP contribution >= 0.6 is 0 Å². The zero-order chi connectivity index (χ0) is 44.5. The minimum absolute atomic E-state index is 0.0695. The number of carbonyl (C=O) groups is 2. The minimum Gasteiger partial charge on any atom is -0.462 e. The van der Waals surface area contributed by atoms with Crippen LogP contribution in [0.4, 0.5) is 0 Å². The van der Waals surface area contributed by atoms with Crippen LogP contribution in [-0.4, -0.2) is 46.9 Å². The molecule has 0 aliphatic rings. The SMILES string of the molecule is CCCCC/C=C/C=C/C=C/C=C/CCCCCCCC(=O)OC(CCCCCCCCCCC)CC(=O)NC(CO)C(O)CCCCCCCCCCCCCCCCC. The molecule has 0 heterocycles. The zero-order valence-corrected chi connectivity index (χ0v) is 40.5. The second kappa shape index (κ2) is 48.8. The number of hydrogen-bond donors (Lipinski definition) is 3. The summed E-state index contributed by atoms with van der Waals surface area (Å²) in [5, 5.41) is 23.8. The van der Waals surface area contributed by atoms with Crippen LogP contribution in [0.2, 0.25) is 0 Å². The van der Waals surface area contributed by atoms with Crippen molar-refractivity contribution in [3.8, 4) is 0 Å². The van der Waals surface area contributed by atoms with Crippen LogP contribution in [0, 0.1) is 0 Å². The topological polar surface area (TPSA) is 95.9 Å². The third-order valence-corrected chi connectivity index (χ3v) is 12.0. The average molecular weight is 856 g/mol. The highest BCUT2D eigenvalue weighted by Gasteiger charge is 2.24. The number of aliphatic hydroxyl groups excluding tert-OH is 2. The lowest BCUT2D eigenvalue weighted by atomic mass is 10.0. The van der Waals surface area contributed by atoms with Gasteiger partial charge in [0.25, 0.3) is 0 Å². The Kier molecular flexibility index (Phi) is 47.1. The standard InChI is InChI=1S/C55H101NO5/c1-4-7-10-13-16-19-21-23-25-26-27-29-31-33-36-39-42-45-48-55(60)61-51(46-43-40-37-34-18-15-12-9-6-3)49-54(59)56-52(50-57)53(58)47-44-41-38-35-32-30-28-24-22-20-17-14-11-8-5-2/h16,19,21,23,25-27,29,51-53,57-58H,4-15,17-18,20,22,24,28,30-50H2,1-3H3,(H,56,59)/b19-16+,23-21+,26-25+,29-27+. The predicted octanol–water partition coefficient (Wildman–Crippen LogP) is 15.8. The van der Waals surface area contributed by atoms with E-state index < -0.39 is 18.2 Å². The van der Waals surface area contributed by atoms with Crippen LogP contribution in [-0.2, 0) is 14.3 Å². The van der Waals surface area contributed by atoms with Gasteiger partial charge in [0.05, 0.1) is 25.2 Å². The van der Waals surface area contributed by atoms with Crippen molar-refractivity contribution in [1.82, 2.24) is 5.32 Å². The molecule has 0 aliphatic heterocycles. The van der Waals surface area contributed by atoms with Crippen LogP contribution in [0.25, 0.3) is 0 Å². The Labute approximate surface area is 378 Å². The highest BCUT2D eigenvalue weighted by Crippen LogP contribution is 2.18. The lowest BCUT2D eigenvalue weighted by Crippen LogP contribution is -2.46. The summed E-state index contributed by atoms with van der Waals surface area (Å²) >= 11 is 0. The maximum atomic E-state index is 13.2. The van der Waals surface area contributed by atoms with Crippen molar-refractivity contribution in [3.63, 3.8) is 0 Å². The Morgan fingerprint density at radius 2 is 0.836 bits per heavy atom. The molecule has 0 saturated carbocycles. The molecule has 3 N–H and O–H groups in total. The first kappa shape index (κ1) is 58.8. The minimum atomic E-state index is -0.790. The molecule has 0 spiro atoms. The molecule has 0 fully saturated rings. The number of esters is 1. The second-order valence-electron chi connectivity index (χ2n) is 18.0. The summed E-state index contributed by atoms with van der Waals surface area (Å²) in [5.41, 5.74) is 0. The molecule has 0 aromatic heterocycles. The molecule has 3 unspecified atom stereocenters. The van der Waals surface area contributed by atoms with Gasteiger partial charge in [-0.15, -0.1) is 0 Å². The van der Waals surface area contributed by atoms with E-state index in [0.717, 1.165) is 83.5 Å². The summed E-state index contributed by atoms with van der Waals surface area (Å²) in [6.45, 7) is 6.44. The number of hydrogen-bond acceptors (Lipinski definition) is 5. The van der Waals surface area contributed by atoms with E-state index in [1.165, 1.54) is 135 Å². The van der Waals surface area contributed by atoms with Gasteiger partial charge in [0.2, 0.25) is 5.91 Å². The normalized spacial score (nSPS) is 13.6. The van der Waals surface area contributed by atoms with Gasteiger partial charge in [-0.1, -0.05) is 249 Å². The number of ether oxygens (including phenoxy) is 1. The van der Waals surface area contributed by atoms with Crippen molar-refractivity contribution in [2.24, 2.45) is 0 Å². The fraction of sp³-hybridized carbons (Fsp3) is 0.818. The van der Waals surface area contributed by atoms with E-state index in [0.29, 0.717) is 19.3 Å². The van der Waals surface area contributed by atoms with E-state index in [2.05, 4.69) is 74.7 Å². The van der Waals surface area contributed by atoms with Crippen molar-refractivity contribution in [3.05, 3.63) is 48.6 Å². The molecule has 6 nitrogen and oxygen atoms in total. The second-order valence-corrected chi connectivity index (χ2v) is 18.0. The van der Waals surface area contributed by atoms with E-state index in [1.54, 1.807) is 0 Å². The van der Waals surface area contributed by atoms with Gasteiger partial charge in [-0.3, -0.25) is 9.59 Å². The molecule has 1 amide bonds. The van der Waals surface area contributed by atoms with Crippen LogP contribution in [0.15, 0.2) is 48.6 Å². The Bertz CT molecular complexity index is 1050. The summed E-state index contributed by atoms with van der Waals surface area (Å²) in [7, 11) is 0. The lowest BCUT2D eigenvalue weighted by molar-refractivity contribution is -0.151. The predicted molar refractivity (Wildman–Crippen MR) is 264 cm³/mol. The van der Waals surface area contributed by atoms with Crippen LogP contribution in [0.1, 0.15) is 265 Å². The van der Waals surface area contributed by atoms with Gasteiger partial charge in [0.15, 0.2) is 0 Å². The fourth-order valence-corrected chi connectivity index (χ4v) is 7.97. The van der Waals surface area contributed by atoms with E-state index in [-0.39, 0.29) is 24.9 Å². The first-order chi connectivity index (χ1) is 30.0. The van der Waals surface area contributed by atoms with Gasteiger partial charge >= 0.3 is 5.97 Å². The number of rotatable bonds is 47. The number of aliphatic hydroxyl groups is 2. The van der Waals surface area contributed by atoms with Gasteiger partial charge in [-0.2, -0.15) is 0 Å². The van der Waals surface area contributed by atoms with Gasteiger partial charge < -0.3 is 20.3 Å². The Hall–Kier alpha value is -2.18. The highest BCUT2D eigenvalue weighted by atomic mass is 16.5. The van der Waals surface area contributed by atoms with E-state index >= 15 is 0 Å². The van der Waals surface area contributed by atoms with Gasteiger partial charge in [0, 0.05) is 6.42 Å². The molecule has 6 heteroatoms. The third-order valence-electron chi connectivity index (χ3n) is 12.0. The van der Waals surface area contributed by atoms with Crippen LogP contribution in [0.5, 0.6) is 0 Å². The molecule has 61 heavy (non-hydrogen) atoms. The number of unbranched alkanes of at least 4 members (excludes halogenated alkanes) is 30. The Morgan fingerprint density at radius 1 is 0.475 bits per heavy atom. The number of nitrogens with one attached hydrogen (secondary N) is 1. The molecule has 0 rings (SSSR count). The van der Waals surface area contributed by atoms with Crippen molar-refractivity contribution in [1.29, 1.82) is 0 Å². The molecule has 3 atom stereocenters. The first-order valence-electron chi connectivity index (χ1n) is 26.4. The van der Waals surface area contributed by atoms with Crippen molar-refractivity contribution in [2.45, 2.75) is 283 Å². The first-order valence-corrected chi connectivity index (χ1v) is 26.4. The summed E-state index contributed by atoms with van der Waals surface area (Å²) in [4.78, 5) is 26.1. The van der Waals surface area contributed by atoms with E-state index in [4.69, 9.17) is 4.74 Å². The number of amides is 1. The fourth-order valence-electron chi connectivity index (χ4n) is 7.97. The van der Waals surface area contributed by atoms with Gasteiger partial charge in [0.1, 0.15) is 6.10 Å². The monoisotopic (exact) mass is 856 g/mol. The maximum absolute atomic E-state index is 13.2. The summed E-state index contributed by atoms with van der Waals surface area (Å²) < 4.78 is 5.91. The zero-order valence-electron chi connectivity index (χ0n) is 40.5. The smallest absolute Gasteiger partial charge is 0.306 e.